The Morgan fingerprint density at radius 3 is 3.00 bits per heavy atom. The summed E-state index contributed by atoms with van der Waals surface area (Å²) in [6.07, 6.45) is 3.63. The summed E-state index contributed by atoms with van der Waals surface area (Å²) >= 11 is 1.64. The average Bonchev–Trinajstić information content (AvgIpc) is 3.19. The van der Waals surface area contributed by atoms with Crippen LogP contribution in [-0.4, -0.2) is 36.7 Å². The first-order valence-electron chi connectivity index (χ1n) is 7.54. The molecular weight excluding hydrogens is 296 g/mol. The molecule has 6 heteroatoms. The molecule has 2 N–H and O–H groups in total. The molecule has 5 nitrogen and oxygen atoms in total. The van der Waals surface area contributed by atoms with Gasteiger partial charge in [-0.15, -0.1) is 11.3 Å². The van der Waals surface area contributed by atoms with E-state index in [4.69, 9.17) is 0 Å². The fourth-order valence-electron chi connectivity index (χ4n) is 2.63. The first-order valence-corrected chi connectivity index (χ1v) is 8.42. The Hall–Kier alpha value is -2.08. The van der Waals surface area contributed by atoms with Gasteiger partial charge in [-0.25, -0.2) is 9.78 Å². The number of hydrogen-bond acceptors (Lipinski definition) is 4. The third kappa shape index (κ3) is 3.98. The third-order valence-electron chi connectivity index (χ3n) is 3.76. The lowest BCUT2D eigenvalue weighted by Crippen LogP contribution is -2.43. The lowest BCUT2D eigenvalue weighted by atomic mass is 10.1. The number of urea groups is 1. The van der Waals surface area contributed by atoms with Crippen molar-refractivity contribution < 1.29 is 4.79 Å². The maximum Gasteiger partial charge on any atom is 0.315 e. The van der Waals surface area contributed by atoms with Crippen molar-refractivity contribution >= 4 is 22.5 Å². The predicted molar refractivity (Wildman–Crippen MR) is 89.4 cm³/mol. The van der Waals surface area contributed by atoms with Crippen LogP contribution < -0.4 is 15.5 Å². The second-order valence-corrected chi connectivity index (χ2v) is 6.26. The number of amides is 2. The average molecular weight is 316 g/mol. The molecule has 1 fully saturated rings. The molecule has 1 aromatic heterocycles. The van der Waals surface area contributed by atoms with Crippen molar-refractivity contribution in [3.8, 4) is 0 Å². The number of carbonyl (C=O) groups is 1. The van der Waals surface area contributed by atoms with E-state index in [2.05, 4.69) is 32.7 Å². The Balaban J connectivity index is 1.37. The van der Waals surface area contributed by atoms with Crippen molar-refractivity contribution in [2.24, 2.45) is 0 Å². The summed E-state index contributed by atoms with van der Waals surface area (Å²) in [5.41, 5.74) is 1.23. The first kappa shape index (κ1) is 14.8. The van der Waals surface area contributed by atoms with Gasteiger partial charge in [0, 0.05) is 37.3 Å². The van der Waals surface area contributed by atoms with E-state index in [0.717, 1.165) is 31.1 Å². The third-order valence-corrected chi connectivity index (χ3v) is 4.59. The summed E-state index contributed by atoms with van der Waals surface area (Å²) in [5, 5.41) is 8.98. The van der Waals surface area contributed by atoms with Gasteiger partial charge in [-0.1, -0.05) is 30.3 Å². The van der Waals surface area contributed by atoms with Crippen LogP contribution in [0.3, 0.4) is 0 Å². The van der Waals surface area contributed by atoms with Crippen LogP contribution in [0.2, 0.25) is 0 Å². The number of hydrogen-bond donors (Lipinski definition) is 2. The Labute approximate surface area is 134 Å². The molecular formula is C16H20N4OS. The molecule has 0 saturated carbocycles. The van der Waals surface area contributed by atoms with Crippen molar-refractivity contribution in [2.75, 3.05) is 24.5 Å². The maximum atomic E-state index is 11.9. The van der Waals surface area contributed by atoms with Crippen LogP contribution in [0.4, 0.5) is 9.93 Å². The van der Waals surface area contributed by atoms with Crippen LogP contribution in [-0.2, 0) is 6.42 Å². The fraction of sp³-hybridized carbons (Fsp3) is 0.375. The summed E-state index contributed by atoms with van der Waals surface area (Å²) in [6, 6.07) is 10.3. The number of carbonyl (C=O) groups excluding carboxylic acids is 1. The van der Waals surface area contributed by atoms with Gasteiger partial charge in [-0.05, 0) is 18.4 Å². The molecule has 1 aromatic carbocycles. The van der Waals surface area contributed by atoms with E-state index in [1.807, 2.05) is 29.8 Å². The van der Waals surface area contributed by atoms with E-state index < -0.39 is 0 Å². The molecule has 22 heavy (non-hydrogen) atoms. The Morgan fingerprint density at radius 2 is 2.23 bits per heavy atom. The van der Waals surface area contributed by atoms with Gasteiger partial charge in [-0.3, -0.25) is 0 Å². The summed E-state index contributed by atoms with van der Waals surface area (Å²) in [7, 11) is 0. The van der Waals surface area contributed by atoms with Gasteiger partial charge in [0.1, 0.15) is 0 Å². The zero-order valence-electron chi connectivity index (χ0n) is 12.4. The normalized spacial score (nSPS) is 17.5. The van der Waals surface area contributed by atoms with E-state index in [9.17, 15) is 4.79 Å². The van der Waals surface area contributed by atoms with Gasteiger partial charge >= 0.3 is 6.03 Å². The highest BCUT2D eigenvalue weighted by atomic mass is 32.1. The number of aromatic nitrogens is 1. The Kier molecular flexibility index (Phi) is 4.90. The van der Waals surface area contributed by atoms with Gasteiger partial charge in [-0.2, -0.15) is 0 Å². The Morgan fingerprint density at radius 1 is 1.36 bits per heavy atom. The second-order valence-electron chi connectivity index (χ2n) is 5.38. The zero-order chi connectivity index (χ0) is 15.2. The van der Waals surface area contributed by atoms with Gasteiger partial charge in [0.15, 0.2) is 5.13 Å². The standard InChI is InChI=1S/C16H20N4OS/c21-15(17-8-6-13-4-2-1-3-5-13)19-14-7-10-20(12-14)16-18-9-11-22-16/h1-5,9,11,14H,6-8,10,12H2,(H2,17,19,21). The number of rotatable bonds is 5. The largest absolute Gasteiger partial charge is 0.346 e. The molecule has 0 bridgehead atoms. The van der Waals surface area contributed by atoms with Crippen molar-refractivity contribution in [1.82, 2.24) is 15.6 Å². The molecule has 2 amide bonds. The SMILES string of the molecule is O=C(NCCc1ccccc1)NC1CCN(c2nccs2)C1. The van der Waals surface area contributed by atoms with Crippen LogP contribution in [0.15, 0.2) is 41.9 Å². The van der Waals surface area contributed by atoms with Gasteiger partial charge in [0.25, 0.3) is 0 Å². The molecule has 3 rings (SSSR count). The molecule has 1 aliphatic heterocycles. The number of benzene rings is 1. The summed E-state index contributed by atoms with van der Waals surface area (Å²) < 4.78 is 0. The van der Waals surface area contributed by atoms with E-state index >= 15 is 0 Å². The van der Waals surface area contributed by atoms with Crippen LogP contribution in [0.25, 0.3) is 0 Å². The van der Waals surface area contributed by atoms with Crippen LogP contribution in [0.1, 0.15) is 12.0 Å². The maximum absolute atomic E-state index is 11.9. The number of thiazole rings is 1. The quantitative estimate of drug-likeness (QED) is 0.889. The Bertz CT molecular complexity index is 587. The molecule has 0 radical (unpaired) electrons. The topological polar surface area (TPSA) is 57.3 Å². The van der Waals surface area contributed by atoms with Crippen molar-refractivity contribution in [1.29, 1.82) is 0 Å². The highest BCUT2D eigenvalue weighted by molar-refractivity contribution is 7.13. The highest BCUT2D eigenvalue weighted by Gasteiger charge is 2.25. The predicted octanol–water partition coefficient (Wildman–Crippen LogP) is 2.26. The molecule has 1 unspecified atom stereocenters. The van der Waals surface area contributed by atoms with Crippen LogP contribution in [0.5, 0.6) is 0 Å². The van der Waals surface area contributed by atoms with Gasteiger partial charge < -0.3 is 15.5 Å². The molecule has 1 aliphatic rings. The monoisotopic (exact) mass is 316 g/mol. The fourth-order valence-corrected chi connectivity index (χ4v) is 3.31. The molecule has 2 heterocycles. The number of anilines is 1. The number of nitrogens with zero attached hydrogens (tertiary/aromatic N) is 2. The summed E-state index contributed by atoms with van der Waals surface area (Å²) in [5.74, 6) is 0. The van der Waals surface area contributed by atoms with E-state index in [-0.39, 0.29) is 12.1 Å². The second kappa shape index (κ2) is 7.26. The minimum Gasteiger partial charge on any atom is -0.346 e. The van der Waals surface area contributed by atoms with Crippen molar-refractivity contribution in [3.05, 3.63) is 47.5 Å². The minimum absolute atomic E-state index is 0.0816. The first-order chi connectivity index (χ1) is 10.8. The summed E-state index contributed by atoms with van der Waals surface area (Å²) in [6.45, 7) is 2.43. The summed E-state index contributed by atoms with van der Waals surface area (Å²) in [4.78, 5) is 18.5. The lowest BCUT2D eigenvalue weighted by Gasteiger charge is -2.16. The lowest BCUT2D eigenvalue weighted by molar-refractivity contribution is 0.238. The van der Waals surface area contributed by atoms with E-state index in [1.165, 1.54) is 5.56 Å². The zero-order valence-corrected chi connectivity index (χ0v) is 13.2. The van der Waals surface area contributed by atoms with Crippen LogP contribution in [0, 0.1) is 0 Å². The van der Waals surface area contributed by atoms with Crippen molar-refractivity contribution in [2.45, 2.75) is 18.9 Å². The molecule has 1 saturated heterocycles. The van der Waals surface area contributed by atoms with E-state index in [0.29, 0.717) is 6.54 Å². The van der Waals surface area contributed by atoms with Gasteiger partial charge in [0.05, 0.1) is 0 Å². The number of nitrogens with one attached hydrogen (secondary N) is 2. The van der Waals surface area contributed by atoms with Crippen LogP contribution >= 0.6 is 11.3 Å². The van der Waals surface area contributed by atoms with Crippen molar-refractivity contribution in [3.63, 3.8) is 0 Å². The molecule has 116 valence electrons. The molecule has 2 aromatic rings. The van der Waals surface area contributed by atoms with Gasteiger partial charge in [0.2, 0.25) is 0 Å². The molecule has 1 atom stereocenters. The smallest absolute Gasteiger partial charge is 0.315 e. The molecule has 0 spiro atoms. The minimum atomic E-state index is -0.0816. The molecule has 0 aliphatic carbocycles. The van der Waals surface area contributed by atoms with E-state index in [1.54, 1.807) is 11.3 Å². The highest BCUT2D eigenvalue weighted by Crippen LogP contribution is 2.22.